The highest BCUT2D eigenvalue weighted by Gasteiger charge is 2.10. The van der Waals surface area contributed by atoms with E-state index >= 15 is 0 Å². The molecule has 1 aromatic rings. The van der Waals surface area contributed by atoms with E-state index in [1.165, 1.54) is 4.88 Å². The van der Waals surface area contributed by atoms with Crippen molar-refractivity contribution in [3.8, 4) is 6.07 Å². The Labute approximate surface area is 88.2 Å². The van der Waals surface area contributed by atoms with Gasteiger partial charge in [-0.2, -0.15) is 5.26 Å². The molecule has 14 heavy (non-hydrogen) atoms. The lowest BCUT2D eigenvalue weighted by molar-refractivity contribution is -0.120. The summed E-state index contributed by atoms with van der Waals surface area (Å²) in [4.78, 5) is 12.6. The summed E-state index contributed by atoms with van der Waals surface area (Å²) in [6, 6.07) is 6.05. The Kier molecular flexibility index (Phi) is 4.34. The third-order valence-electron chi connectivity index (χ3n) is 2.10. The number of hydrogen-bond acceptors (Lipinski definition) is 3. The quantitative estimate of drug-likeness (QED) is 0.745. The summed E-state index contributed by atoms with van der Waals surface area (Å²) in [5.74, 6) is -0.387. The van der Waals surface area contributed by atoms with E-state index in [1.807, 2.05) is 17.5 Å². The molecule has 0 aliphatic heterocycles. The second kappa shape index (κ2) is 5.56. The second-order valence-electron chi connectivity index (χ2n) is 3.25. The van der Waals surface area contributed by atoms with Crippen molar-refractivity contribution in [1.29, 1.82) is 5.26 Å². The normalized spacial score (nSPS) is 12.0. The van der Waals surface area contributed by atoms with Gasteiger partial charge in [0, 0.05) is 11.3 Å². The number of nitriles is 1. The van der Waals surface area contributed by atoms with Gasteiger partial charge in [-0.05, 0) is 31.2 Å². The molecule has 0 saturated carbocycles. The Morgan fingerprint density at radius 2 is 2.50 bits per heavy atom. The summed E-state index contributed by atoms with van der Waals surface area (Å²) in [6.45, 7) is 1.66. The van der Waals surface area contributed by atoms with Gasteiger partial charge < -0.3 is 0 Å². The summed E-state index contributed by atoms with van der Waals surface area (Å²) < 4.78 is 0. The maximum Gasteiger partial charge on any atom is 0.149 e. The molecule has 0 radical (unpaired) electrons. The zero-order valence-electron chi connectivity index (χ0n) is 8.19. The van der Waals surface area contributed by atoms with Gasteiger partial charge >= 0.3 is 0 Å². The number of rotatable bonds is 5. The zero-order chi connectivity index (χ0) is 10.4. The molecule has 74 valence electrons. The predicted octanol–water partition coefficient (Wildman–Crippen LogP) is 2.80. The Balaban J connectivity index is 2.23. The van der Waals surface area contributed by atoms with Gasteiger partial charge in [0.2, 0.25) is 0 Å². The highest BCUT2D eigenvalue weighted by atomic mass is 32.1. The Morgan fingerprint density at radius 1 is 1.71 bits per heavy atom. The first kappa shape index (κ1) is 10.9. The summed E-state index contributed by atoms with van der Waals surface area (Å²) in [6.07, 6.45) is 2.32. The standard InChI is InChI=1S/C11H13NOS/c1-9(8-12)11(13)6-2-4-10-5-3-7-14-10/h3,5,7,9H,2,4,6H2,1H3. The SMILES string of the molecule is CC(C#N)C(=O)CCCc1cccs1. The average Bonchev–Trinajstić information content (AvgIpc) is 2.69. The van der Waals surface area contributed by atoms with Gasteiger partial charge in [0.25, 0.3) is 0 Å². The summed E-state index contributed by atoms with van der Waals surface area (Å²) in [5.41, 5.74) is 0. The van der Waals surface area contributed by atoms with Crippen LogP contribution in [0.2, 0.25) is 0 Å². The number of hydrogen-bond donors (Lipinski definition) is 0. The lowest BCUT2D eigenvalue weighted by Crippen LogP contribution is -2.08. The third kappa shape index (κ3) is 3.31. The van der Waals surface area contributed by atoms with Gasteiger partial charge in [-0.15, -0.1) is 11.3 Å². The molecule has 1 atom stereocenters. The van der Waals surface area contributed by atoms with Crippen molar-refractivity contribution >= 4 is 17.1 Å². The van der Waals surface area contributed by atoms with Crippen molar-refractivity contribution in [1.82, 2.24) is 0 Å². The number of carbonyl (C=O) groups excluding carboxylic acids is 1. The molecule has 1 rings (SSSR count). The van der Waals surface area contributed by atoms with Crippen molar-refractivity contribution < 1.29 is 4.79 Å². The van der Waals surface area contributed by atoms with Gasteiger partial charge in [-0.1, -0.05) is 6.07 Å². The fourth-order valence-electron chi connectivity index (χ4n) is 1.18. The van der Waals surface area contributed by atoms with Crippen LogP contribution in [0.1, 0.15) is 24.6 Å². The van der Waals surface area contributed by atoms with Crippen LogP contribution in [0, 0.1) is 17.2 Å². The van der Waals surface area contributed by atoms with Crippen molar-refractivity contribution in [3.63, 3.8) is 0 Å². The van der Waals surface area contributed by atoms with Crippen molar-refractivity contribution in [3.05, 3.63) is 22.4 Å². The number of carbonyl (C=O) groups is 1. The van der Waals surface area contributed by atoms with E-state index in [1.54, 1.807) is 18.3 Å². The molecule has 1 heterocycles. The van der Waals surface area contributed by atoms with Crippen LogP contribution in [-0.2, 0) is 11.2 Å². The second-order valence-corrected chi connectivity index (χ2v) is 4.28. The smallest absolute Gasteiger partial charge is 0.149 e. The topological polar surface area (TPSA) is 40.9 Å². The minimum absolute atomic E-state index is 0.0593. The Morgan fingerprint density at radius 3 is 3.07 bits per heavy atom. The van der Waals surface area contributed by atoms with Crippen molar-refractivity contribution in [2.45, 2.75) is 26.2 Å². The molecule has 3 heteroatoms. The highest BCUT2D eigenvalue weighted by Crippen LogP contribution is 2.13. The van der Waals surface area contributed by atoms with Gasteiger partial charge in [-0.3, -0.25) is 4.79 Å². The van der Waals surface area contributed by atoms with Gasteiger partial charge in [0.05, 0.1) is 6.07 Å². The Hall–Kier alpha value is -1.14. The molecule has 1 unspecified atom stereocenters. The van der Waals surface area contributed by atoms with Gasteiger partial charge in [0.15, 0.2) is 0 Å². The van der Waals surface area contributed by atoms with Crippen LogP contribution >= 0.6 is 11.3 Å². The first-order valence-electron chi connectivity index (χ1n) is 4.68. The molecule has 0 amide bonds. The lowest BCUT2D eigenvalue weighted by Gasteiger charge is -2.00. The molecule has 0 aliphatic carbocycles. The summed E-state index contributed by atoms with van der Waals surface area (Å²) in [5, 5.41) is 10.6. The molecule has 0 saturated heterocycles. The first-order valence-corrected chi connectivity index (χ1v) is 5.56. The number of ketones is 1. The predicted molar refractivity (Wildman–Crippen MR) is 57.0 cm³/mol. The van der Waals surface area contributed by atoms with E-state index in [0.717, 1.165) is 12.8 Å². The first-order chi connectivity index (χ1) is 6.74. The number of nitrogens with zero attached hydrogens (tertiary/aromatic N) is 1. The minimum Gasteiger partial charge on any atom is -0.298 e. The summed E-state index contributed by atoms with van der Waals surface area (Å²) >= 11 is 1.71. The van der Waals surface area contributed by atoms with E-state index < -0.39 is 5.92 Å². The molecule has 0 aliphatic rings. The fourth-order valence-corrected chi connectivity index (χ4v) is 1.93. The number of thiophene rings is 1. The van der Waals surface area contributed by atoms with Crippen molar-refractivity contribution in [2.75, 3.05) is 0 Å². The zero-order valence-corrected chi connectivity index (χ0v) is 9.01. The van der Waals surface area contributed by atoms with Crippen molar-refractivity contribution in [2.24, 2.45) is 5.92 Å². The van der Waals surface area contributed by atoms with Crippen LogP contribution in [-0.4, -0.2) is 5.78 Å². The monoisotopic (exact) mass is 207 g/mol. The maximum absolute atomic E-state index is 11.3. The largest absolute Gasteiger partial charge is 0.298 e. The number of aryl methyl sites for hydroxylation is 1. The Bertz CT molecular complexity index is 324. The van der Waals surface area contributed by atoms with E-state index in [0.29, 0.717) is 6.42 Å². The molecule has 0 bridgehead atoms. The molecule has 2 nitrogen and oxygen atoms in total. The van der Waals surface area contributed by atoms with Gasteiger partial charge in [0.1, 0.15) is 11.7 Å². The van der Waals surface area contributed by atoms with Crippen LogP contribution in [0.25, 0.3) is 0 Å². The molecular formula is C11H13NOS. The molecule has 0 spiro atoms. The van der Waals surface area contributed by atoms with E-state index in [2.05, 4.69) is 6.07 Å². The van der Waals surface area contributed by atoms with E-state index in [9.17, 15) is 4.79 Å². The fraction of sp³-hybridized carbons (Fsp3) is 0.455. The van der Waals surface area contributed by atoms with Gasteiger partial charge in [-0.25, -0.2) is 0 Å². The highest BCUT2D eigenvalue weighted by molar-refractivity contribution is 7.09. The maximum atomic E-state index is 11.3. The van der Waals surface area contributed by atoms with E-state index in [-0.39, 0.29) is 5.78 Å². The molecule has 0 aromatic carbocycles. The van der Waals surface area contributed by atoms with Crippen LogP contribution < -0.4 is 0 Å². The van der Waals surface area contributed by atoms with E-state index in [4.69, 9.17) is 5.26 Å². The van der Waals surface area contributed by atoms with Crippen LogP contribution in [0.4, 0.5) is 0 Å². The van der Waals surface area contributed by atoms with Crippen LogP contribution in [0.3, 0.4) is 0 Å². The third-order valence-corrected chi connectivity index (χ3v) is 3.04. The molecule has 0 fully saturated rings. The number of Topliss-reactive ketones (excluding diaryl/α,β-unsaturated/α-hetero) is 1. The minimum atomic E-state index is -0.446. The summed E-state index contributed by atoms with van der Waals surface area (Å²) in [7, 11) is 0. The molecule has 1 aromatic heterocycles. The van der Waals surface area contributed by atoms with Crippen LogP contribution in [0.15, 0.2) is 17.5 Å². The average molecular weight is 207 g/mol. The molecule has 0 N–H and O–H groups in total. The lowest BCUT2D eigenvalue weighted by atomic mass is 10.0. The van der Waals surface area contributed by atoms with Crippen LogP contribution in [0.5, 0.6) is 0 Å². The molecular weight excluding hydrogens is 194 g/mol.